The van der Waals surface area contributed by atoms with Crippen LogP contribution in [0.3, 0.4) is 0 Å². The molecule has 1 atom stereocenters. The van der Waals surface area contributed by atoms with Gasteiger partial charge in [-0.25, -0.2) is 4.79 Å². The van der Waals surface area contributed by atoms with Crippen molar-refractivity contribution in [2.75, 3.05) is 5.75 Å². The SMILES string of the molecule is CCSC(=S)O[C@H](C)C(=O)O. The lowest BCUT2D eigenvalue weighted by atomic mass is 10.4. The van der Waals surface area contributed by atoms with E-state index in [2.05, 4.69) is 0 Å². The van der Waals surface area contributed by atoms with Gasteiger partial charge in [0.1, 0.15) is 0 Å². The first-order valence-corrected chi connectivity index (χ1v) is 4.53. The number of carboxylic acid groups (broad SMARTS) is 1. The third-order valence-corrected chi connectivity index (χ3v) is 1.95. The van der Waals surface area contributed by atoms with Crippen molar-refractivity contribution in [3.8, 4) is 0 Å². The smallest absolute Gasteiger partial charge is 0.344 e. The van der Waals surface area contributed by atoms with Crippen LogP contribution in [0.25, 0.3) is 0 Å². The van der Waals surface area contributed by atoms with E-state index >= 15 is 0 Å². The summed E-state index contributed by atoms with van der Waals surface area (Å²) in [6.07, 6.45) is -0.846. The van der Waals surface area contributed by atoms with Gasteiger partial charge in [0.15, 0.2) is 6.10 Å². The van der Waals surface area contributed by atoms with Gasteiger partial charge in [-0.15, -0.1) is 0 Å². The van der Waals surface area contributed by atoms with Crippen molar-refractivity contribution in [1.82, 2.24) is 0 Å². The highest BCUT2D eigenvalue weighted by atomic mass is 32.2. The minimum absolute atomic E-state index is 0.294. The van der Waals surface area contributed by atoms with Gasteiger partial charge in [0, 0.05) is 0 Å². The minimum atomic E-state index is -0.996. The molecule has 11 heavy (non-hydrogen) atoms. The third kappa shape index (κ3) is 5.03. The largest absolute Gasteiger partial charge is 0.479 e. The van der Waals surface area contributed by atoms with Crippen LogP contribution < -0.4 is 0 Å². The second-order valence-corrected chi connectivity index (χ2v) is 3.65. The molecule has 0 amide bonds. The number of rotatable bonds is 3. The van der Waals surface area contributed by atoms with Gasteiger partial charge >= 0.3 is 5.97 Å². The molecule has 0 heterocycles. The van der Waals surface area contributed by atoms with Crippen LogP contribution in [0.2, 0.25) is 0 Å². The van der Waals surface area contributed by atoms with E-state index in [4.69, 9.17) is 22.1 Å². The summed E-state index contributed by atoms with van der Waals surface area (Å²) in [6, 6.07) is 0. The summed E-state index contributed by atoms with van der Waals surface area (Å²) in [6.45, 7) is 3.37. The molecule has 0 spiro atoms. The summed E-state index contributed by atoms with van der Waals surface area (Å²) >= 11 is 6.05. The first-order chi connectivity index (χ1) is 5.07. The Balaban J connectivity index is 3.66. The summed E-state index contributed by atoms with van der Waals surface area (Å²) in [5, 5.41) is 8.41. The molecule has 0 bridgehead atoms. The van der Waals surface area contributed by atoms with Crippen molar-refractivity contribution in [3.05, 3.63) is 0 Å². The van der Waals surface area contributed by atoms with Gasteiger partial charge in [-0.05, 0) is 24.9 Å². The Morgan fingerprint density at radius 2 is 2.36 bits per heavy atom. The lowest BCUT2D eigenvalue weighted by molar-refractivity contribution is -0.144. The van der Waals surface area contributed by atoms with Crippen LogP contribution in [-0.4, -0.2) is 27.3 Å². The second kappa shape index (κ2) is 5.37. The van der Waals surface area contributed by atoms with E-state index < -0.39 is 12.1 Å². The lowest BCUT2D eigenvalue weighted by Crippen LogP contribution is -2.21. The number of aliphatic carboxylic acids is 1. The predicted molar refractivity (Wildman–Crippen MR) is 48.9 cm³/mol. The van der Waals surface area contributed by atoms with Gasteiger partial charge < -0.3 is 9.84 Å². The van der Waals surface area contributed by atoms with Crippen LogP contribution in [-0.2, 0) is 9.53 Å². The fourth-order valence-electron chi connectivity index (χ4n) is 0.347. The van der Waals surface area contributed by atoms with Crippen molar-refractivity contribution < 1.29 is 14.6 Å². The van der Waals surface area contributed by atoms with E-state index in [1.807, 2.05) is 6.92 Å². The number of hydrogen-bond donors (Lipinski definition) is 1. The molecule has 0 saturated heterocycles. The molecule has 0 aliphatic carbocycles. The van der Waals surface area contributed by atoms with Crippen molar-refractivity contribution in [3.63, 3.8) is 0 Å². The number of thiocarbonyl (C=S) groups is 1. The molecule has 64 valence electrons. The molecule has 0 aromatic carbocycles. The van der Waals surface area contributed by atoms with E-state index in [9.17, 15) is 4.79 Å². The molecular formula is C6H10O3S2. The van der Waals surface area contributed by atoms with Gasteiger partial charge in [-0.2, -0.15) is 0 Å². The topological polar surface area (TPSA) is 46.5 Å². The van der Waals surface area contributed by atoms with Gasteiger partial charge in [0.25, 0.3) is 0 Å². The zero-order valence-corrected chi connectivity index (χ0v) is 8.00. The van der Waals surface area contributed by atoms with Gasteiger partial charge in [-0.3, -0.25) is 0 Å². The van der Waals surface area contributed by atoms with Crippen LogP contribution in [0.15, 0.2) is 0 Å². The highest BCUT2D eigenvalue weighted by Crippen LogP contribution is 2.07. The van der Waals surface area contributed by atoms with Crippen LogP contribution in [0.5, 0.6) is 0 Å². The van der Waals surface area contributed by atoms with E-state index in [0.717, 1.165) is 5.75 Å². The minimum Gasteiger partial charge on any atom is -0.479 e. The Bertz CT molecular complexity index is 158. The van der Waals surface area contributed by atoms with Crippen molar-refractivity contribution >= 4 is 34.3 Å². The summed E-state index contributed by atoms with van der Waals surface area (Å²) < 4.78 is 5.14. The molecule has 0 aliphatic rings. The van der Waals surface area contributed by atoms with E-state index in [1.54, 1.807) is 0 Å². The first kappa shape index (κ1) is 10.7. The average Bonchev–Trinajstić information content (AvgIpc) is 1.87. The Morgan fingerprint density at radius 3 is 2.73 bits per heavy atom. The summed E-state index contributed by atoms with van der Waals surface area (Å²) in [5.74, 6) is -0.199. The molecule has 5 heteroatoms. The van der Waals surface area contributed by atoms with Gasteiger partial charge in [-0.1, -0.05) is 18.7 Å². The summed E-state index contributed by atoms with van der Waals surface area (Å²) in [7, 11) is 0. The molecule has 3 nitrogen and oxygen atoms in total. The maximum Gasteiger partial charge on any atom is 0.344 e. The highest BCUT2D eigenvalue weighted by molar-refractivity contribution is 8.22. The van der Waals surface area contributed by atoms with E-state index in [1.165, 1.54) is 18.7 Å². The standard InChI is InChI=1S/C6H10O3S2/c1-3-11-6(10)9-4(2)5(7)8/h4H,3H2,1-2H3,(H,7,8)/t4-/m1/s1. The molecule has 0 saturated carbocycles. The highest BCUT2D eigenvalue weighted by Gasteiger charge is 2.13. The number of carboxylic acids is 1. The Hall–Kier alpha value is -0.290. The van der Waals surface area contributed by atoms with E-state index in [-0.39, 0.29) is 0 Å². The number of thioether (sulfide) groups is 1. The fraction of sp³-hybridized carbons (Fsp3) is 0.667. The van der Waals surface area contributed by atoms with Crippen molar-refractivity contribution in [1.29, 1.82) is 0 Å². The second-order valence-electron chi connectivity index (χ2n) is 1.78. The quantitative estimate of drug-likeness (QED) is 0.690. The molecule has 0 rings (SSSR count). The molecule has 1 N–H and O–H groups in total. The van der Waals surface area contributed by atoms with Crippen LogP contribution in [0.4, 0.5) is 0 Å². The number of carbonyl (C=O) groups is 1. The maximum atomic E-state index is 10.2. The fourth-order valence-corrected chi connectivity index (χ4v) is 1.29. The number of ether oxygens (including phenoxy) is 1. The predicted octanol–water partition coefficient (Wildman–Crippen LogP) is 1.51. The van der Waals surface area contributed by atoms with Crippen LogP contribution >= 0.6 is 24.0 Å². The molecular weight excluding hydrogens is 184 g/mol. The van der Waals surface area contributed by atoms with Gasteiger partial charge in [0.2, 0.25) is 4.38 Å². The maximum absolute atomic E-state index is 10.2. The van der Waals surface area contributed by atoms with Crippen molar-refractivity contribution in [2.24, 2.45) is 0 Å². The molecule has 0 unspecified atom stereocenters. The van der Waals surface area contributed by atoms with Crippen LogP contribution in [0, 0.1) is 0 Å². The Morgan fingerprint density at radius 1 is 1.82 bits per heavy atom. The first-order valence-electron chi connectivity index (χ1n) is 3.14. The van der Waals surface area contributed by atoms with Crippen molar-refractivity contribution in [2.45, 2.75) is 20.0 Å². The average molecular weight is 194 g/mol. The van der Waals surface area contributed by atoms with Gasteiger partial charge in [0.05, 0.1) is 0 Å². The monoisotopic (exact) mass is 194 g/mol. The lowest BCUT2D eigenvalue weighted by Gasteiger charge is -2.08. The molecule has 0 radical (unpaired) electrons. The molecule has 0 aromatic heterocycles. The third-order valence-electron chi connectivity index (χ3n) is 0.883. The van der Waals surface area contributed by atoms with E-state index in [0.29, 0.717) is 4.38 Å². The molecule has 0 aromatic rings. The Kier molecular flexibility index (Phi) is 5.23. The Labute approximate surface area is 75.1 Å². The molecule has 0 fully saturated rings. The molecule has 0 aliphatic heterocycles. The van der Waals surface area contributed by atoms with Crippen LogP contribution in [0.1, 0.15) is 13.8 Å². The summed E-state index contributed by atoms with van der Waals surface area (Å²) in [5.41, 5.74) is 0. The number of hydrogen-bond acceptors (Lipinski definition) is 4. The summed E-state index contributed by atoms with van der Waals surface area (Å²) in [4.78, 5) is 10.2. The zero-order valence-electron chi connectivity index (χ0n) is 6.36. The normalized spacial score (nSPS) is 12.2. The zero-order chi connectivity index (χ0) is 8.85.